The summed E-state index contributed by atoms with van der Waals surface area (Å²) in [7, 11) is 1.58. The highest BCUT2D eigenvalue weighted by atomic mass is 16.6. The first-order chi connectivity index (χ1) is 9.24. The Hall–Kier alpha value is -1.51. The third-order valence-electron chi connectivity index (χ3n) is 2.66. The van der Waals surface area contributed by atoms with E-state index in [0.29, 0.717) is 0 Å². The zero-order valence-corrected chi connectivity index (χ0v) is 12.4. The van der Waals surface area contributed by atoms with Gasteiger partial charge in [0.25, 0.3) is 0 Å². The van der Waals surface area contributed by atoms with Gasteiger partial charge in [-0.25, -0.2) is 4.79 Å². The van der Waals surface area contributed by atoms with E-state index in [-0.39, 0.29) is 12.2 Å². The fourth-order valence-corrected chi connectivity index (χ4v) is 1.59. The number of carbonyl (C=O) groups is 1. The quantitative estimate of drug-likeness (QED) is 0.496. The van der Waals surface area contributed by atoms with Crippen molar-refractivity contribution >= 4 is 6.09 Å². The van der Waals surface area contributed by atoms with Gasteiger partial charge in [-0.1, -0.05) is 56.6 Å². The lowest BCUT2D eigenvalue weighted by atomic mass is 10.1. The van der Waals surface area contributed by atoms with Crippen LogP contribution in [0.15, 0.2) is 36.5 Å². The Morgan fingerprint density at radius 3 is 2.53 bits per heavy atom. The van der Waals surface area contributed by atoms with E-state index in [1.165, 1.54) is 19.3 Å². The summed E-state index contributed by atoms with van der Waals surface area (Å²) in [5.41, 5.74) is 0. The van der Waals surface area contributed by atoms with E-state index in [0.717, 1.165) is 12.8 Å². The molecule has 3 nitrogen and oxygen atoms in total. The van der Waals surface area contributed by atoms with Gasteiger partial charge in [-0.15, -0.1) is 0 Å². The fourth-order valence-electron chi connectivity index (χ4n) is 1.59. The number of rotatable bonds is 9. The molecule has 0 aliphatic rings. The number of allylic oxidation sites excluding steroid dienone is 5. The lowest BCUT2D eigenvalue weighted by Gasteiger charge is -2.13. The van der Waals surface area contributed by atoms with Crippen LogP contribution in [0.5, 0.6) is 0 Å². The van der Waals surface area contributed by atoms with E-state index >= 15 is 0 Å². The topological polar surface area (TPSA) is 38.3 Å². The molecule has 0 saturated heterocycles. The second-order valence-electron chi connectivity index (χ2n) is 4.34. The minimum absolute atomic E-state index is 0.146. The van der Waals surface area contributed by atoms with Crippen LogP contribution in [0.2, 0.25) is 0 Å². The summed E-state index contributed by atoms with van der Waals surface area (Å²) in [6.07, 6.45) is 16.7. The minimum atomic E-state index is -0.373. The third-order valence-corrected chi connectivity index (χ3v) is 2.66. The van der Waals surface area contributed by atoms with Crippen LogP contribution in [0.4, 0.5) is 4.79 Å². The zero-order chi connectivity index (χ0) is 14.3. The van der Waals surface area contributed by atoms with Crippen LogP contribution in [-0.4, -0.2) is 19.2 Å². The minimum Gasteiger partial charge on any atom is -0.442 e. The summed E-state index contributed by atoms with van der Waals surface area (Å²) >= 11 is 0. The monoisotopic (exact) mass is 265 g/mol. The molecule has 0 radical (unpaired) electrons. The number of ether oxygens (including phenoxy) is 1. The SMILES string of the molecule is CC=CC=CC=CC(CCCCCC)OC(=O)NC. The summed E-state index contributed by atoms with van der Waals surface area (Å²) < 4.78 is 5.30. The molecule has 1 N–H and O–H groups in total. The summed E-state index contributed by atoms with van der Waals surface area (Å²) in [5, 5.41) is 2.48. The van der Waals surface area contributed by atoms with Crippen LogP contribution in [-0.2, 0) is 4.74 Å². The Kier molecular flexibility index (Phi) is 11.9. The van der Waals surface area contributed by atoms with E-state index in [1.54, 1.807) is 7.05 Å². The maximum atomic E-state index is 11.2. The summed E-state index contributed by atoms with van der Waals surface area (Å²) in [6, 6.07) is 0. The molecule has 0 aliphatic heterocycles. The Balaban J connectivity index is 4.19. The van der Waals surface area contributed by atoms with Crippen molar-refractivity contribution in [1.82, 2.24) is 5.32 Å². The van der Waals surface area contributed by atoms with Crippen molar-refractivity contribution in [2.24, 2.45) is 0 Å². The molecule has 1 atom stereocenters. The number of unbranched alkanes of at least 4 members (excludes halogenated alkanes) is 3. The molecule has 0 aromatic rings. The summed E-state index contributed by atoms with van der Waals surface area (Å²) in [4.78, 5) is 11.2. The summed E-state index contributed by atoms with van der Waals surface area (Å²) in [5.74, 6) is 0. The molecular formula is C16H27NO2. The molecule has 0 aromatic carbocycles. The van der Waals surface area contributed by atoms with Crippen LogP contribution >= 0.6 is 0 Å². The average molecular weight is 265 g/mol. The van der Waals surface area contributed by atoms with Crippen molar-refractivity contribution in [3.8, 4) is 0 Å². The number of nitrogens with one attached hydrogen (secondary N) is 1. The number of hydrogen-bond acceptors (Lipinski definition) is 2. The molecule has 0 aliphatic carbocycles. The highest BCUT2D eigenvalue weighted by Gasteiger charge is 2.09. The first-order valence-electron chi connectivity index (χ1n) is 7.09. The third kappa shape index (κ3) is 11.3. The van der Waals surface area contributed by atoms with Gasteiger partial charge in [0, 0.05) is 7.05 Å². The van der Waals surface area contributed by atoms with Gasteiger partial charge in [0.1, 0.15) is 6.10 Å². The maximum absolute atomic E-state index is 11.2. The molecule has 0 spiro atoms. The Morgan fingerprint density at radius 2 is 1.89 bits per heavy atom. The van der Waals surface area contributed by atoms with Crippen molar-refractivity contribution in [1.29, 1.82) is 0 Å². The molecule has 108 valence electrons. The van der Waals surface area contributed by atoms with Gasteiger partial charge in [-0.05, 0) is 25.8 Å². The van der Waals surface area contributed by atoms with Crippen molar-refractivity contribution in [3.63, 3.8) is 0 Å². The predicted octanol–water partition coefficient (Wildman–Crippen LogP) is 4.37. The largest absolute Gasteiger partial charge is 0.442 e. The second kappa shape index (κ2) is 12.9. The molecule has 0 aromatic heterocycles. The number of alkyl carbamates (subject to hydrolysis) is 1. The van der Waals surface area contributed by atoms with Crippen LogP contribution in [0, 0.1) is 0 Å². The van der Waals surface area contributed by atoms with E-state index < -0.39 is 0 Å². The van der Waals surface area contributed by atoms with Gasteiger partial charge < -0.3 is 10.1 Å². The Labute approximate surface area is 117 Å². The van der Waals surface area contributed by atoms with Gasteiger partial charge in [0.05, 0.1) is 0 Å². The van der Waals surface area contributed by atoms with Gasteiger partial charge in [-0.2, -0.15) is 0 Å². The molecular weight excluding hydrogens is 238 g/mol. The number of amides is 1. The highest BCUT2D eigenvalue weighted by Crippen LogP contribution is 2.10. The molecule has 0 rings (SSSR count). The van der Waals surface area contributed by atoms with Gasteiger partial charge in [0.2, 0.25) is 0 Å². The van der Waals surface area contributed by atoms with Crippen LogP contribution in [0.1, 0.15) is 46.0 Å². The van der Waals surface area contributed by atoms with E-state index in [4.69, 9.17) is 4.74 Å². The van der Waals surface area contributed by atoms with E-state index in [1.807, 2.05) is 43.4 Å². The number of hydrogen-bond donors (Lipinski definition) is 1. The predicted molar refractivity (Wildman–Crippen MR) is 81.2 cm³/mol. The second-order valence-corrected chi connectivity index (χ2v) is 4.34. The molecule has 0 fully saturated rings. The molecule has 19 heavy (non-hydrogen) atoms. The Bertz CT molecular complexity index is 306. The van der Waals surface area contributed by atoms with Gasteiger partial charge >= 0.3 is 6.09 Å². The Morgan fingerprint density at radius 1 is 1.16 bits per heavy atom. The molecule has 1 amide bonds. The molecule has 0 heterocycles. The lowest BCUT2D eigenvalue weighted by molar-refractivity contribution is 0.116. The van der Waals surface area contributed by atoms with E-state index in [2.05, 4.69) is 12.2 Å². The van der Waals surface area contributed by atoms with Crippen LogP contribution in [0.3, 0.4) is 0 Å². The number of carbonyl (C=O) groups excluding carboxylic acids is 1. The molecule has 0 bridgehead atoms. The maximum Gasteiger partial charge on any atom is 0.407 e. The average Bonchev–Trinajstić information content (AvgIpc) is 2.42. The van der Waals surface area contributed by atoms with Gasteiger partial charge in [-0.3, -0.25) is 0 Å². The van der Waals surface area contributed by atoms with Crippen molar-refractivity contribution in [2.45, 2.75) is 52.1 Å². The van der Waals surface area contributed by atoms with Crippen molar-refractivity contribution in [2.75, 3.05) is 7.05 Å². The highest BCUT2D eigenvalue weighted by molar-refractivity contribution is 5.67. The molecule has 1 unspecified atom stereocenters. The first kappa shape index (κ1) is 17.5. The zero-order valence-electron chi connectivity index (χ0n) is 12.4. The van der Waals surface area contributed by atoms with Crippen molar-refractivity contribution < 1.29 is 9.53 Å². The fraction of sp³-hybridized carbons (Fsp3) is 0.562. The van der Waals surface area contributed by atoms with Crippen LogP contribution < -0.4 is 5.32 Å². The summed E-state index contributed by atoms with van der Waals surface area (Å²) in [6.45, 7) is 4.16. The standard InChI is InChI=1S/C16H27NO2/c1-4-6-8-10-12-14-15(19-16(18)17-3)13-11-9-7-5-2/h4,6,8,10,12,14-15H,5,7,9,11,13H2,1-3H3,(H,17,18). The van der Waals surface area contributed by atoms with E-state index in [9.17, 15) is 4.79 Å². The van der Waals surface area contributed by atoms with Crippen molar-refractivity contribution in [3.05, 3.63) is 36.5 Å². The van der Waals surface area contributed by atoms with Crippen LogP contribution in [0.25, 0.3) is 0 Å². The smallest absolute Gasteiger partial charge is 0.407 e. The first-order valence-corrected chi connectivity index (χ1v) is 7.09. The normalized spacial score (nSPS) is 13.4. The molecule has 3 heteroatoms. The molecule has 0 saturated carbocycles. The van der Waals surface area contributed by atoms with Gasteiger partial charge in [0.15, 0.2) is 0 Å². The lowest BCUT2D eigenvalue weighted by Crippen LogP contribution is -2.24.